The van der Waals surface area contributed by atoms with E-state index < -0.39 is 0 Å². The van der Waals surface area contributed by atoms with Crippen LogP contribution in [0.2, 0.25) is 0 Å². The number of hydrogen-bond acceptors (Lipinski definition) is 3. The Bertz CT molecular complexity index is 1030. The minimum Gasteiger partial charge on any atom is -0.381 e. The van der Waals surface area contributed by atoms with Crippen LogP contribution < -0.4 is 0 Å². The van der Waals surface area contributed by atoms with Crippen molar-refractivity contribution < 1.29 is 14.2 Å². The van der Waals surface area contributed by atoms with E-state index >= 15 is 0 Å². The predicted octanol–water partition coefficient (Wildman–Crippen LogP) is 7.52. The van der Waals surface area contributed by atoms with Crippen molar-refractivity contribution in [3.63, 3.8) is 0 Å². The molecular formula is C31H35BrO3. The fourth-order valence-electron chi connectivity index (χ4n) is 3.76. The van der Waals surface area contributed by atoms with E-state index in [1.54, 1.807) is 7.11 Å². The summed E-state index contributed by atoms with van der Waals surface area (Å²) in [6, 6.07) is 30.9. The summed E-state index contributed by atoms with van der Waals surface area (Å²) in [5, 5.41) is 0. The molecule has 0 saturated carbocycles. The zero-order valence-corrected chi connectivity index (χ0v) is 22.2. The van der Waals surface area contributed by atoms with Crippen molar-refractivity contribution in [2.75, 3.05) is 20.3 Å². The van der Waals surface area contributed by atoms with Crippen molar-refractivity contribution in [1.29, 1.82) is 0 Å². The first-order valence-corrected chi connectivity index (χ1v) is 12.8. The standard InChI is InChI=1S/C31H35BrO3/c1-25(31(33-2)21-26-12-6-3-7-13-26)20-30(32)29(24-35-23-28-16-10-5-11-17-28)18-19-34-22-27-14-8-4-9-15-27/h3-18,20,25,31H,19,21-24H2,1-2H3/b29-18+,30-20-/t25-,31-/m0/s1. The topological polar surface area (TPSA) is 27.7 Å². The third-order valence-electron chi connectivity index (χ3n) is 5.81. The number of rotatable bonds is 14. The monoisotopic (exact) mass is 534 g/mol. The SMILES string of the molecule is CO[C@@H](Cc1ccccc1)[C@@H](C)/C=C(Br)/C(=C/COCc1ccccc1)COCc1ccccc1. The second kappa shape index (κ2) is 15.5. The Morgan fingerprint density at radius 1 is 0.771 bits per heavy atom. The van der Waals surface area contributed by atoms with Crippen molar-refractivity contribution in [1.82, 2.24) is 0 Å². The Kier molecular flexibility index (Phi) is 12.0. The predicted molar refractivity (Wildman–Crippen MR) is 147 cm³/mol. The Balaban J connectivity index is 1.64. The lowest BCUT2D eigenvalue weighted by atomic mass is 9.96. The number of methoxy groups -OCH3 is 1. The summed E-state index contributed by atoms with van der Waals surface area (Å²) in [6.45, 7) is 4.33. The summed E-state index contributed by atoms with van der Waals surface area (Å²) in [5.41, 5.74) is 4.65. The van der Waals surface area contributed by atoms with Gasteiger partial charge in [-0.05, 0) is 28.7 Å². The molecule has 0 radical (unpaired) electrons. The average Bonchev–Trinajstić information content (AvgIpc) is 2.90. The van der Waals surface area contributed by atoms with Crippen LogP contribution in [0.15, 0.2) is 113 Å². The zero-order chi connectivity index (χ0) is 24.7. The van der Waals surface area contributed by atoms with Crippen LogP contribution in [0.1, 0.15) is 23.6 Å². The zero-order valence-electron chi connectivity index (χ0n) is 20.6. The number of benzene rings is 3. The van der Waals surface area contributed by atoms with Crippen LogP contribution in [0.3, 0.4) is 0 Å². The molecule has 0 spiro atoms. The Morgan fingerprint density at radius 3 is 1.83 bits per heavy atom. The molecule has 3 rings (SSSR count). The van der Waals surface area contributed by atoms with Gasteiger partial charge in [-0.1, -0.05) is 126 Å². The highest BCUT2D eigenvalue weighted by molar-refractivity contribution is 9.12. The van der Waals surface area contributed by atoms with Crippen LogP contribution in [-0.2, 0) is 33.8 Å². The van der Waals surface area contributed by atoms with E-state index in [4.69, 9.17) is 14.2 Å². The van der Waals surface area contributed by atoms with Crippen molar-refractivity contribution in [3.8, 4) is 0 Å². The maximum atomic E-state index is 6.06. The van der Waals surface area contributed by atoms with Gasteiger partial charge in [0.25, 0.3) is 0 Å². The second-order valence-electron chi connectivity index (χ2n) is 8.55. The summed E-state index contributed by atoms with van der Waals surface area (Å²) < 4.78 is 18.8. The van der Waals surface area contributed by atoms with Crippen LogP contribution in [0.25, 0.3) is 0 Å². The molecule has 4 heteroatoms. The lowest BCUT2D eigenvalue weighted by Crippen LogP contribution is -2.22. The molecule has 3 aromatic rings. The fraction of sp³-hybridized carbons (Fsp3) is 0.290. The molecule has 0 aliphatic heterocycles. The minimum absolute atomic E-state index is 0.0748. The summed E-state index contributed by atoms with van der Waals surface area (Å²) in [5.74, 6) is 0.206. The number of ether oxygens (including phenoxy) is 3. The summed E-state index contributed by atoms with van der Waals surface area (Å²) in [4.78, 5) is 0. The molecule has 0 fully saturated rings. The normalized spacial score (nSPS) is 14.0. The number of hydrogen-bond donors (Lipinski definition) is 0. The van der Waals surface area contributed by atoms with Crippen LogP contribution in [0.4, 0.5) is 0 Å². The molecule has 0 amide bonds. The van der Waals surface area contributed by atoms with Crippen molar-refractivity contribution in [3.05, 3.63) is 130 Å². The second-order valence-corrected chi connectivity index (χ2v) is 9.40. The summed E-state index contributed by atoms with van der Waals surface area (Å²) in [6.07, 6.45) is 5.25. The van der Waals surface area contributed by atoms with Gasteiger partial charge in [0, 0.05) is 17.5 Å². The van der Waals surface area contributed by atoms with Crippen LogP contribution >= 0.6 is 15.9 Å². The Labute approximate surface area is 218 Å². The van der Waals surface area contributed by atoms with Crippen LogP contribution in [0.5, 0.6) is 0 Å². The first-order valence-electron chi connectivity index (χ1n) is 12.0. The third-order valence-corrected chi connectivity index (χ3v) is 6.59. The molecule has 0 bridgehead atoms. The molecule has 0 aliphatic rings. The molecule has 3 nitrogen and oxygen atoms in total. The summed E-state index contributed by atoms with van der Waals surface area (Å²) in [7, 11) is 1.78. The first-order chi connectivity index (χ1) is 17.2. The van der Waals surface area contributed by atoms with Crippen molar-refractivity contribution in [2.24, 2.45) is 5.92 Å². The minimum atomic E-state index is 0.0748. The first kappa shape index (κ1) is 27.1. The Morgan fingerprint density at radius 2 is 1.29 bits per heavy atom. The lowest BCUT2D eigenvalue weighted by molar-refractivity contribution is 0.0745. The van der Waals surface area contributed by atoms with Crippen molar-refractivity contribution >= 4 is 15.9 Å². The summed E-state index contributed by atoms with van der Waals surface area (Å²) >= 11 is 3.81. The van der Waals surface area contributed by atoms with E-state index in [2.05, 4.69) is 83.5 Å². The quantitative estimate of drug-likeness (QED) is 0.158. The molecule has 3 aromatic carbocycles. The van der Waals surface area contributed by atoms with Gasteiger partial charge in [0.15, 0.2) is 0 Å². The molecular weight excluding hydrogens is 500 g/mol. The average molecular weight is 536 g/mol. The molecule has 184 valence electrons. The lowest BCUT2D eigenvalue weighted by Gasteiger charge is -2.21. The van der Waals surface area contributed by atoms with E-state index in [0.717, 1.165) is 27.6 Å². The van der Waals surface area contributed by atoms with Crippen LogP contribution in [0, 0.1) is 5.92 Å². The highest BCUT2D eigenvalue weighted by Crippen LogP contribution is 2.24. The molecule has 0 N–H and O–H groups in total. The molecule has 0 unspecified atom stereocenters. The molecule has 0 aromatic heterocycles. The van der Waals surface area contributed by atoms with Crippen LogP contribution in [-0.4, -0.2) is 26.4 Å². The van der Waals surface area contributed by atoms with Gasteiger partial charge in [-0.25, -0.2) is 0 Å². The van der Waals surface area contributed by atoms with Gasteiger partial charge >= 0.3 is 0 Å². The van der Waals surface area contributed by atoms with Gasteiger partial charge in [-0.2, -0.15) is 0 Å². The van der Waals surface area contributed by atoms with E-state index in [9.17, 15) is 0 Å². The molecule has 0 heterocycles. The van der Waals surface area contributed by atoms with E-state index in [0.29, 0.717) is 26.4 Å². The van der Waals surface area contributed by atoms with Gasteiger partial charge in [0.05, 0.1) is 32.5 Å². The number of halogens is 1. The fourth-order valence-corrected chi connectivity index (χ4v) is 4.46. The van der Waals surface area contributed by atoms with Gasteiger partial charge in [-0.3, -0.25) is 0 Å². The van der Waals surface area contributed by atoms with Gasteiger partial charge in [-0.15, -0.1) is 0 Å². The molecule has 2 atom stereocenters. The maximum absolute atomic E-state index is 6.06. The molecule has 0 saturated heterocycles. The van der Waals surface area contributed by atoms with Gasteiger partial charge in [0.2, 0.25) is 0 Å². The molecule has 0 aliphatic carbocycles. The Hall–Kier alpha value is -2.50. The van der Waals surface area contributed by atoms with E-state index in [-0.39, 0.29) is 12.0 Å². The van der Waals surface area contributed by atoms with Crippen molar-refractivity contribution in [2.45, 2.75) is 32.7 Å². The van der Waals surface area contributed by atoms with E-state index in [1.165, 1.54) is 5.56 Å². The highest BCUT2D eigenvalue weighted by Gasteiger charge is 2.17. The molecule has 35 heavy (non-hydrogen) atoms. The smallest absolute Gasteiger partial charge is 0.0730 e. The van der Waals surface area contributed by atoms with Gasteiger partial charge < -0.3 is 14.2 Å². The third kappa shape index (κ3) is 9.95. The van der Waals surface area contributed by atoms with Gasteiger partial charge in [0.1, 0.15) is 0 Å². The highest BCUT2D eigenvalue weighted by atomic mass is 79.9. The largest absolute Gasteiger partial charge is 0.381 e. The maximum Gasteiger partial charge on any atom is 0.0730 e. The van der Waals surface area contributed by atoms with E-state index in [1.807, 2.05) is 42.5 Å².